The summed E-state index contributed by atoms with van der Waals surface area (Å²) in [6.45, 7) is 0. The summed E-state index contributed by atoms with van der Waals surface area (Å²) in [7, 11) is 1.49. The van der Waals surface area contributed by atoms with Crippen LogP contribution in [-0.2, 0) is 4.79 Å². The van der Waals surface area contributed by atoms with Gasteiger partial charge in [-0.2, -0.15) is 0 Å². The molecule has 0 aromatic heterocycles. The quantitative estimate of drug-likeness (QED) is 0.326. The molecule has 0 bridgehead atoms. The Morgan fingerprint density at radius 1 is 1.32 bits per heavy atom. The number of thioether (sulfide) groups is 1. The molecule has 2 aromatic rings. The number of rotatable bonds is 3. The van der Waals surface area contributed by atoms with Crippen LogP contribution in [0.15, 0.2) is 45.8 Å². The van der Waals surface area contributed by atoms with E-state index in [0.29, 0.717) is 18.5 Å². The van der Waals surface area contributed by atoms with Crippen molar-refractivity contribution in [3.05, 3.63) is 54.9 Å². The minimum atomic E-state index is -0.167. The smallest absolute Gasteiger partial charge is 0.270 e. The van der Waals surface area contributed by atoms with E-state index in [1.54, 1.807) is 18.2 Å². The van der Waals surface area contributed by atoms with Crippen molar-refractivity contribution in [2.24, 2.45) is 0 Å². The van der Waals surface area contributed by atoms with Crippen molar-refractivity contribution in [3.63, 3.8) is 0 Å². The summed E-state index contributed by atoms with van der Waals surface area (Å²) in [5, 5.41) is 9.93. The first kappa shape index (κ1) is 18.7. The molecule has 0 atom stereocenters. The molecule has 25 heavy (non-hydrogen) atoms. The van der Waals surface area contributed by atoms with Crippen LogP contribution in [0.25, 0.3) is 6.08 Å². The average Bonchev–Trinajstić information content (AvgIpc) is 2.85. The number of hydrogen-bond donors (Lipinski definition) is 1. The zero-order valence-electron chi connectivity index (χ0n) is 12.8. The topological polar surface area (TPSA) is 49.8 Å². The Morgan fingerprint density at radius 2 is 2.00 bits per heavy atom. The largest absolute Gasteiger partial charge is 0.504 e. The zero-order chi connectivity index (χ0) is 18.1. The predicted octanol–water partition coefficient (Wildman–Crippen LogP) is 5.17. The van der Waals surface area contributed by atoms with Gasteiger partial charge in [-0.05, 0) is 70.6 Å². The second kappa shape index (κ2) is 7.65. The first-order valence-corrected chi connectivity index (χ1v) is 10.1. The van der Waals surface area contributed by atoms with Crippen molar-refractivity contribution < 1.29 is 14.6 Å². The third-order valence-electron chi connectivity index (χ3n) is 3.45. The molecule has 0 radical (unpaired) electrons. The molecule has 8 heteroatoms. The summed E-state index contributed by atoms with van der Waals surface area (Å²) in [5.41, 5.74) is 1.49. The van der Waals surface area contributed by atoms with E-state index in [4.69, 9.17) is 17.0 Å². The number of methoxy groups -OCH3 is 1. The van der Waals surface area contributed by atoms with Gasteiger partial charge in [-0.15, -0.1) is 0 Å². The molecule has 128 valence electrons. The molecule has 1 heterocycles. The summed E-state index contributed by atoms with van der Waals surface area (Å²) >= 11 is 12.0. The number of carbonyl (C=O) groups excluding carboxylic acids is 1. The number of nitrogens with zero attached hydrogens (tertiary/aromatic N) is 1. The van der Waals surface area contributed by atoms with Gasteiger partial charge in [0.15, 0.2) is 15.8 Å². The van der Waals surface area contributed by atoms with Crippen LogP contribution in [-0.4, -0.2) is 22.4 Å². The maximum atomic E-state index is 12.8. The van der Waals surface area contributed by atoms with Gasteiger partial charge in [-0.1, -0.05) is 39.9 Å². The number of halogens is 2. The lowest BCUT2D eigenvalue weighted by Gasteiger charge is -2.14. The zero-order valence-corrected chi connectivity index (χ0v) is 18.2. The fourth-order valence-electron chi connectivity index (χ4n) is 2.26. The van der Waals surface area contributed by atoms with Crippen molar-refractivity contribution in [1.82, 2.24) is 0 Å². The molecule has 0 unspecified atom stereocenters. The molecule has 1 amide bonds. The van der Waals surface area contributed by atoms with E-state index in [1.165, 1.54) is 23.8 Å². The number of aromatic hydroxyl groups is 1. The summed E-state index contributed by atoms with van der Waals surface area (Å²) < 4.78 is 7.23. The standard InChI is InChI=1S/C17H11BrINO3S2/c1-23-13-7-9(6-12(19)15(13)21)8-14-16(22)20(17(24)25-14)11-4-2-10(18)3-5-11/h2-8,21H,1H3/b14-8+. The number of ether oxygens (including phenoxy) is 1. The third-order valence-corrected chi connectivity index (χ3v) is 6.10. The lowest BCUT2D eigenvalue weighted by atomic mass is 10.2. The maximum Gasteiger partial charge on any atom is 0.270 e. The van der Waals surface area contributed by atoms with Crippen LogP contribution in [0.5, 0.6) is 11.5 Å². The van der Waals surface area contributed by atoms with E-state index < -0.39 is 0 Å². The minimum absolute atomic E-state index is 0.0858. The summed E-state index contributed by atoms with van der Waals surface area (Å²) in [6.07, 6.45) is 1.75. The van der Waals surface area contributed by atoms with Crippen LogP contribution < -0.4 is 9.64 Å². The SMILES string of the molecule is COc1cc(/C=C2/SC(=S)N(c3ccc(Br)cc3)C2=O)cc(I)c1O. The maximum absolute atomic E-state index is 12.8. The van der Waals surface area contributed by atoms with E-state index in [9.17, 15) is 9.90 Å². The van der Waals surface area contributed by atoms with Crippen LogP contribution >= 0.6 is 62.5 Å². The molecule has 4 nitrogen and oxygen atoms in total. The molecule has 2 aromatic carbocycles. The Balaban J connectivity index is 1.95. The van der Waals surface area contributed by atoms with Gasteiger partial charge in [0.25, 0.3) is 5.91 Å². The van der Waals surface area contributed by atoms with E-state index in [-0.39, 0.29) is 11.7 Å². The highest BCUT2D eigenvalue weighted by Gasteiger charge is 2.33. The fraction of sp³-hybridized carbons (Fsp3) is 0.0588. The van der Waals surface area contributed by atoms with Crippen molar-refractivity contribution in [2.75, 3.05) is 12.0 Å². The van der Waals surface area contributed by atoms with Crippen molar-refractivity contribution >= 4 is 84.5 Å². The Hall–Kier alpha value is -1.10. The minimum Gasteiger partial charge on any atom is -0.504 e. The predicted molar refractivity (Wildman–Crippen MR) is 117 cm³/mol. The highest BCUT2D eigenvalue weighted by Crippen LogP contribution is 2.38. The fourth-order valence-corrected chi connectivity index (χ4v) is 4.45. The van der Waals surface area contributed by atoms with Gasteiger partial charge in [-0.3, -0.25) is 9.69 Å². The highest BCUT2D eigenvalue weighted by molar-refractivity contribution is 14.1. The molecule has 0 aliphatic carbocycles. The molecular weight excluding hydrogens is 537 g/mol. The molecule has 1 saturated heterocycles. The van der Waals surface area contributed by atoms with E-state index in [0.717, 1.165) is 15.7 Å². The van der Waals surface area contributed by atoms with Crippen LogP contribution in [0.1, 0.15) is 5.56 Å². The molecule has 1 N–H and O–H groups in total. The molecule has 3 rings (SSSR count). The van der Waals surface area contributed by atoms with Gasteiger partial charge in [0.2, 0.25) is 0 Å². The Bertz CT molecular complexity index is 900. The van der Waals surface area contributed by atoms with E-state index in [2.05, 4.69) is 15.9 Å². The summed E-state index contributed by atoms with van der Waals surface area (Å²) in [6, 6.07) is 10.9. The molecule has 0 saturated carbocycles. The Kier molecular flexibility index (Phi) is 5.71. The first-order chi connectivity index (χ1) is 11.9. The molecule has 0 spiro atoms. The number of phenolic OH excluding ortho intramolecular Hbond substituents is 1. The van der Waals surface area contributed by atoms with Crippen LogP contribution in [0.4, 0.5) is 5.69 Å². The lowest BCUT2D eigenvalue weighted by molar-refractivity contribution is -0.113. The van der Waals surface area contributed by atoms with Gasteiger partial charge < -0.3 is 9.84 Å². The second-order valence-corrected chi connectivity index (χ2v) is 8.80. The third kappa shape index (κ3) is 3.86. The van der Waals surface area contributed by atoms with Crippen LogP contribution in [0.3, 0.4) is 0 Å². The van der Waals surface area contributed by atoms with Gasteiger partial charge in [0.1, 0.15) is 0 Å². The van der Waals surface area contributed by atoms with Gasteiger partial charge >= 0.3 is 0 Å². The summed E-state index contributed by atoms with van der Waals surface area (Å²) in [5.74, 6) is 0.281. The summed E-state index contributed by atoms with van der Waals surface area (Å²) in [4.78, 5) is 14.8. The van der Waals surface area contributed by atoms with Crippen LogP contribution in [0, 0.1) is 3.57 Å². The molecule has 1 aliphatic rings. The molecular formula is C17H11BrINO3S2. The van der Waals surface area contributed by atoms with Crippen molar-refractivity contribution in [1.29, 1.82) is 0 Å². The van der Waals surface area contributed by atoms with E-state index >= 15 is 0 Å². The first-order valence-electron chi connectivity index (χ1n) is 7.00. The Labute approximate surface area is 176 Å². The average molecular weight is 548 g/mol. The number of phenols is 1. The number of thiocarbonyl (C=S) groups is 1. The monoisotopic (exact) mass is 547 g/mol. The number of benzene rings is 2. The number of hydrogen-bond acceptors (Lipinski definition) is 5. The molecule has 1 fully saturated rings. The number of anilines is 1. The molecule has 1 aliphatic heterocycles. The van der Waals surface area contributed by atoms with Crippen LogP contribution in [0.2, 0.25) is 0 Å². The van der Waals surface area contributed by atoms with Crippen molar-refractivity contribution in [3.8, 4) is 11.5 Å². The van der Waals surface area contributed by atoms with Crippen molar-refractivity contribution in [2.45, 2.75) is 0 Å². The number of amides is 1. The second-order valence-electron chi connectivity index (χ2n) is 5.05. The number of carbonyl (C=O) groups is 1. The van der Waals surface area contributed by atoms with E-state index in [1.807, 2.05) is 46.9 Å². The van der Waals surface area contributed by atoms with Gasteiger partial charge in [0, 0.05) is 4.47 Å². The normalized spacial score (nSPS) is 16.0. The lowest BCUT2D eigenvalue weighted by Crippen LogP contribution is -2.27. The van der Waals surface area contributed by atoms with Gasteiger partial charge in [-0.25, -0.2) is 0 Å². The Morgan fingerprint density at radius 3 is 2.64 bits per heavy atom. The van der Waals surface area contributed by atoms with Gasteiger partial charge in [0.05, 0.1) is 21.3 Å². The highest BCUT2D eigenvalue weighted by atomic mass is 127.